The molecule has 3 nitrogen and oxygen atoms in total. The Labute approximate surface area is 129 Å². The zero-order valence-corrected chi connectivity index (χ0v) is 12.6. The van der Waals surface area contributed by atoms with Crippen LogP contribution in [0.5, 0.6) is 5.75 Å². The molecule has 0 aliphatic heterocycles. The van der Waals surface area contributed by atoms with E-state index in [1.807, 2.05) is 0 Å². The second-order valence-corrected chi connectivity index (χ2v) is 7.04. The molecule has 21 heavy (non-hydrogen) atoms. The van der Waals surface area contributed by atoms with Crippen molar-refractivity contribution in [2.45, 2.75) is 11.5 Å². The molecule has 0 heterocycles. The fourth-order valence-electron chi connectivity index (χ4n) is 1.58. The SMILES string of the molecule is O=S(=O)(Cl)c1cc(Cl)ccc1OCc1ccc(F)c(F)c1. The fourth-order valence-corrected chi connectivity index (χ4v) is 2.82. The van der Waals surface area contributed by atoms with E-state index < -0.39 is 20.7 Å². The van der Waals surface area contributed by atoms with Gasteiger partial charge in [-0.1, -0.05) is 17.7 Å². The van der Waals surface area contributed by atoms with E-state index in [0.29, 0.717) is 5.56 Å². The van der Waals surface area contributed by atoms with Crippen LogP contribution in [0, 0.1) is 11.6 Å². The average Bonchev–Trinajstić information content (AvgIpc) is 2.40. The molecule has 0 aromatic heterocycles. The summed E-state index contributed by atoms with van der Waals surface area (Å²) >= 11 is 5.71. The van der Waals surface area contributed by atoms with Crippen molar-refractivity contribution in [3.63, 3.8) is 0 Å². The van der Waals surface area contributed by atoms with Crippen molar-refractivity contribution >= 4 is 31.3 Å². The predicted molar refractivity (Wildman–Crippen MR) is 75.2 cm³/mol. The summed E-state index contributed by atoms with van der Waals surface area (Å²) < 4.78 is 54.0. The maximum absolute atomic E-state index is 13.1. The second-order valence-electron chi connectivity index (χ2n) is 4.07. The lowest BCUT2D eigenvalue weighted by Gasteiger charge is -2.10. The number of ether oxygens (including phenoxy) is 1. The minimum Gasteiger partial charge on any atom is -0.487 e. The first kappa shape index (κ1) is 16.0. The van der Waals surface area contributed by atoms with Gasteiger partial charge in [0.2, 0.25) is 0 Å². The molecule has 0 spiro atoms. The zero-order chi connectivity index (χ0) is 15.6. The summed E-state index contributed by atoms with van der Waals surface area (Å²) in [5, 5.41) is 0.175. The molecule has 2 aromatic carbocycles. The first-order valence-corrected chi connectivity index (χ1v) is 8.27. The molecule has 0 unspecified atom stereocenters. The molecule has 8 heteroatoms. The van der Waals surface area contributed by atoms with Gasteiger partial charge in [-0.15, -0.1) is 0 Å². The molecule has 0 fully saturated rings. The van der Waals surface area contributed by atoms with Gasteiger partial charge in [0.25, 0.3) is 9.05 Å². The van der Waals surface area contributed by atoms with E-state index in [4.69, 9.17) is 27.0 Å². The molecular weight excluding hydrogens is 345 g/mol. The lowest BCUT2D eigenvalue weighted by molar-refractivity contribution is 0.297. The average molecular weight is 353 g/mol. The van der Waals surface area contributed by atoms with Crippen LogP contribution in [0.1, 0.15) is 5.56 Å². The van der Waals surface area contributed by atoms with Crippen LogP contribution in [-0.2, 0) is 15.7 Å². The third-order valence-corrected chi connectivity index (χ3v) is 4.12. The van der Waals surface area contributed by atoms with Gasteiger partial charge in [0.15, 0.2) is 11.6 Å². The Morgan fingerprint density at radius 2 is 1.76 bits per heavy atom. The van der Waals surface area contributed by atoms with Crippen molar-refractivity contribution in [3.8, 4) is 5.75 Å². The first-order chi connectivity index (χ1) is 9.77. The Balaban J connectivity index is 2.26. The van der Waals surface area contributed by atoms with Gasteiger partial charge >= 0.3 is 0 Å². The maximum atomic E-state index is 13.1. The Hall–Kier alpha value is -1.37. The van der Waals surface area contributed by atoms with Crippen molar-refractivity contribution in [1.82, 2.24) is 0 Å². The Bertz CT molecular complexity index is 779. The highest BCUT2D eigenvalue weighted by Crippen LogP contribution is 2.30. The summed E-state index contributed by atoms with van der Waals surface area (Å²) in [5.41, 5.74) is 0.335. The molecule has 2 rings (SSSR count). The van der Waals surface area contributed by atoms with Crippen LogP contribution in [0.3, 0.4) is 0 Å². The van der Waals surface area contributed by atoms with E-state index in [1.54, 1.807) is 0 Å². The Morgan fingerprint density at radius 1 is 1.05 bits per heavy atom. The highest BCUT2D eigenvalue weighted by molar-refractivity contribution is 8.13. The van der Waals surface area contributed by atoms with Crippen LogP contribution >= 0.6 is 22.3 Å². The summed E-state index contributed by atoms with van der Waals surface area (Å²) in [4.78, 5) is -0.292. The van der Waals surface area contributed by atoms with Crippen molar-refractivity contribution in [2.75, 3.05) is 0 Å². The molecule has 0 radical (unpaired) electrons. The van der Waals surface area contributed by atoms with Crippen molar-refractivity contribution in [2.24, 2.45) is 0 Å². The van der Waals surface area contributed by atoms with Crippen molar-refractivity contribution in [3.05, 3.63) is 58.6 Å². The third-order valence-electron chi connectivity index (χ3n) is 2.55. The molecule has 112 valence electrons. The van der Waals surface area contributed by atoms with Crippen molar-refractivity contribution < 1.29 is 21.9 Å². The van der Waals surface area contributed by atoms with E-state index in [-0.39, 0.29) is 22.3 Å². The summed E-state index contributed by atoms with van der Waals surface area (Å²) in [6, 6.07) is 7.13. The molecule has 0 amide bonds. The van der Waals surface area contributed by atoms with Crippen LogP contribution in [0.4, 0.5) is 8.78 Å². The standard InChI is InChI=1S/C13H8Cl2F2O3S/c14-9-2-4-12(13(6-9)21(15,18)19)20-7-8-1-3-10(16)11(17)5-8/h1-6H,7H2. The van der Waals surface area contributed by atoms with Gasteiger partial charge in [0, 0.05) is 15.7 Å². The van der Waals surface area contributed by atoms with Gasteiger partial charge < -0.3 is 4.74 Å². The maximum Gasteiger partial charge on any atom is 0.265 e. The summed E-state index contributed by atoms with van der Waals surface area (Å²) in [7, 11) is 1.24. The molecular formula is C13H8Cl2F2O3S. The molecule has 0 saturated carbocycles. The highest BCUT2D eigenvalue weighted by atomic mass is 35.7. The van der Waals surface area contributed by atoms with Gasteiger partial charge in [0.1, 0.15) is 17.3 Å². The van der Waals surface area contributed by atoms with Crippen LogP contribution in [0.2, 0.25) is 5.02 Å². The molecule has 0 aliphatic rings. The minimum atomic E-state index is -4.05. The van der Waals surface area contributed by atoms with Gasteiger partial charge in [-0.05, 0) is 35.9 Å². The quantitative estimate of drug-likeness (QED) is 0.777. The van der Waals surface area contributed by atoms with Crippen LogP contribution in [0.15, 0.2) is 41.3 Å². The molecule has 0 bridgehead atoms. The monoisotopic (exact) mass is 352 g/mol. The highest BCUT2D eigenvalue weighted by Gasteiger charge is 2.17. The lowest BCUT2D eigenvalue weighted by Crippen LogP contribution is -2.01. The predicted octanol–water partition coefficient (Wildman–Crippen LogP) is 4.12. The fraction of sp³-hybridized carbons (Fsp3) is 0.0769. The normalized spacial score (nSPS) is 11.4. The molecule has 0 saturated heterocycles. The number of halogens is 4. The van der Waals surface area contributed by atoms with E-state index in [1.165, 1.54) is 18.2 Å². The van der Waals surface area contributed by atoms with Crippen LogP contribution < -0.4 is 4.74 Å². The van der Waals surface area contributed by atoms with E-state index >= 15 is 0 Å². The number of rotatable bonds is 4. The zero-order valence-electron chi connectivity index (χ0n) is 10.3. The van der Waals surface area contributed by atoms with Crippen LogP contribution in [0.25, 0.3) is 0 Å². The topological polar surface area (TPSA) is 43.4 Å². The third kappa shape index (κ3) is 4.06. The molecule has 0 N–H and O–H groups in total. The number of benzene rings is 2. The summed E-state index contributed by atoms with van der Waals surface area (Å²) in [6.07, 6.45) is 0. The Kier molecular flexibility index (Phi) is 4.70. The van der Waals surface area contributed by atoms with Gasteiger partial charge in [-0.25, -0.2) is 17.2 Å². The summed E-state index contributed by atoms with van der Waals surface area (Å²) in [5.74, 6) is -2.02. The molecule has 0 aliphatic carbocycles. The van der Waals surface area contributed by atoms with Gasteiger partial charge in [-0.2, -0.15) is 0 Å². The second kappa shape index (κ2) is 6.17. The van der Waals surface area contributed by atoms with Crippen molar-refractivity contribution in [1.29, 1.82) is 0 Å². The summed E-state index contributed by atoms with van der Waals surface area (Å²) in [6.45, 7) is -0.155. The number of hydrogen-bond donors (Lipinski definition) is 0. The molecule has 0 atom stereocenters. The lowest BCUT2D eigenvalue weighted by atomic mass is 10.2. The largest absolute Gasteiger partial charge is 0.487 e. The minimum absolute atomic E-state index is 0.0286. The van der Waals surface area contributed by atoms with E-state index in [9.17, 15) is 17.2 Å². The number of hydrogen-bond acceptors (Lipinski definition) is 3. The smallest absolute Gasteiger partial charge is 0.265 e. The van der Waals surface area contributed by atoms with Crippen LogP contribution in [-0.4, -0.2) is 8.42 Å². The van der Waals surface area contributed by atoms with Gasteiger partial charge in [-0.3, -0.25) is 0 Å². The first-order valence-electron chi connectivity index (χ1n) is 5.58. The van der Waals surface area contributed by atoms with E-state index in [2.05, 4.69) is 0 Å². The van der Waals surface area contributed by atoms with E-state index in [0.717, 1.165) is 18.2 Å². The molecule has 2 aromatic rings. The Morgan fingerprint density at radius 3 is 2.38 bits per heavy atom. The van der Waals surface area contributed by atoms with Gasteiger partial charge in [0.05, 0.1) is 0 Å².